The van der Waals surface area contributed by atoms with E-state index in [-0.39, 0.29) is 12.0 Å². The molecule has 0 bridgehead atoms. The van der Waals surface area contributed by atoms with E-state index in [1.165, 1.54) is 39.1 Å². The molecule has 0 fully saturated rings. The van der Waals surface area contributed by atoms with Gasteiger partial charge in [0, 0.05) is 28.4 Å². The van der Waals surface area contributed by atoms with Gasteiger partial charge in [-0.25, -0.2) is 0 Å². The Hall–Kier alpha value is -5.60. The molecule has 2 nitrogen and oxygen atoms in total. The monoisotopic (exact) mass is 566 g/mol. The predicted molar refractivity (Wildman–Crippen MR) is 189 cm³/mol. The summed E-state index contributed by atoms with van der Waals surface area (Å²) >= 11 is 0. The molecule has 2 heterocycles. The van der Waals surface area contributed by atoms with Crippen LogP contribution >= 0.6 is 0 Å². The Labute approximate surface area is 259 Å². The summed E-state index contributed by atoms with van der Waals surface area (Å²) in [7, 11) is 0. The zero-order valence-corrected chi connectivity index (χ0v) is 24.7. The zero-order valence-electron chi connectivity index (χ0n) is 24.7. The molecule has 5 aromatic rings. The molecule has 0 saturated carbocycles. The second-order valence-corrected chi connectivity index (χ2v) is 11.2. The van der Waals surface area contributed by atoms with Crippen molar-refractivity contribution in [3.05, 3.63) is 199 Å². The minimum atomic E-state index is 0.155. The molecule has 2 atom stereocenters. The molecule has 7 rings (SSSR count). The molecule has 0 radical (unpaired) electrons. The third-order valence-corrected chi connectivity index (χ3v) is 8.79. The standard InChI is InChI=1S/C42H34N2/c1-5-7-16-29(3)30(4)34(15-6-2)31-23-25-33(26-24-31)44-38-22-14-12-20-36(38)42-40(44)28-27-39-41(42)35-19-11-13-21-37(35)43(39)32-17-9-8-10-18-32/h5-28,40,42H,1-4H2/b16-7-,34-15+. The maximum atomic E-state index is 4.33. The van der Waals surface area contributed by atoms with Crippen LogP contribution in [0.4, 0.5) is 11.4 Å². The minimum Gasteiger partial charge on any atom is -0.333 e. The normalized spacial score (nSPS) is 16.9. The van der Waals surface area contributed by atoms with Crippen molar-refractivity contribution in [1.82, 2.24) is 4.57 Å². The molecule has 1 aromatic heterocycles. The fourth-order valence-corrected chi connectivity index (χ4v) is 6.87. The van der Waals surface area contributed by atoms with Crippen LogP contribution < -0.4 is 4.90 Å². The number of anilines is 2. The minimum absolute atomic E-state index is 0.155. The third-order valence-electron chi connectivity index (χ3n) is 8.79. The largest absolute Gasteiger partial charge is 0.333 e. The Bertz CT molecular complexity index is 2030. The summed E-state index contributed by atoms with van der Waals surface area (Å²) < 4.78 is 2.41. The molecule has 2 heteroatoms. The van der Waals surface area contributed by atoms with Crippen molar-refractivity contribution >= 4 is 33.9 Å². The summed E-state index contributed by atoms with van der Waals surface area (Å²) in [4.78, 5) is 2.50. The van der Waals surface area contributed by atoms with Crippen LogP contribution in [0.1, 0.15) is 28.3 Å². The lowest BCUT2D eigenvalue weighted by Gasteiger charge is -2.31. The maximum Gasteiger partial charge on any atom is 0.0637 e. The summed E-state index contributed by atoms with van der Waals surface area (Å²) in [5, 5.41) is 1.31. The number of benzene rings is 4. The van der Waals surface area contributed by atoms with Gasteiger partial charge in [-0.2, -0.15) is 0 Å². The maximum absolute atomic E-state index is 4.33. The van der Waals surface area contributed by atoms with Crippen molar-refractivity contribution in [2.75, 3.05) is 4.90 Å². The van der Waals surface area contributed by atoms with Crippen molar-refractivity contribution in [2.24, 2.45) is 0 Å². The van der Waals surface area contributed by atoms with Gasteiger partial charge in [0.05, 0.1) is 17.3 Å². The highest BCUT2D eigenvalue weighted by Gasteiger charge is 2.43. The topological polar surface area (TPSA) is 8.17 Å². The number of hydrogen-bond acceptors (Lipinski definition) is 1. The van der Waals surface area contributed by atoms with Gasteiger partial charge in [-0.15, -0.1) is 0 Å². The highest BCUT2D eigenvalue weighted by atomic mass is 15.2. The molecule has 1 aliphatic carbocycles. The van der Waals surface area contributed by atoms with Crippen LogP contribution in [0, 0.1) is 0 Å². The van der Waals surface area contributed by atoms with Crippen LogP contribution in [0.5, 0.6) is 0 Å². The lowest BCUT2D eigenvalue weighted by molar-refractivity contribution is 0.725. The van der Waals surface area contributed by atoms with Gasteiger partial charge in [0.2, 0.25) is 0 Å². The van der Waals surface area contributed by atoms with E-state index in [1.54, 1.807) is 12.2 Å². The van der Waals surface area contributed by atoms with Crippen LogP contribution in [0.25, 0.3) is 28.2 Å². The Kier molecular flexibility index (Phi) is 6.96. The van der Waals surface area contributed by atoms with Gasteiger partial charge >= 0.3 is 0 Å². The molecule has 0 saturated heterocycles. The summed E-state index contributed by atoms with van der Waals surface area (Å²) in [5.74, 6) is 0.205. The molecule has 2 unspecified atom stereocenters. The first-order chi connectivity index (χ1) is 21.6. The van der Waals surface area contributed by atoms with E-state index in [1.807, 2.05) is 18.2 Å². The fraction of sp³-hybridized carbons (Fsp3) is 0.0476. The van der Waals surface area contributed by atoms with Gasteiger partial charge < -0.3 is 9.47 Å². The van der Waals surface area contributed by atoms with E-state index in [0.29, 0.717) is 0 Å². The molecule has 0 spiro atoms. The van der Waals surface area contributed by atoms with E-state index in [0.717, 1.165) is 28.0 Å². The molecule has 2 aliphatic rings. The van der Waals surface area contributed by atoms with Crippen LogP contribution in [-0.2, 0) is 0 Å². The van der Waals surface area contributed by atoms with Crippen molar-refractivity contribution in [3.63, 3.8) is 0 Å². The SMILES string of the molecule is C=C/C=C\C(=C)C(=C)/C(=C\C=C)c1ccc(N2c3ccccc3C3c4c(n(-c5ccccc5)c5ccccc45)C=CC32)cc1. The second-order valence-electron chi connectivity index (χ2n) is 11.2. The van der Waals surface area contributed by atoms with E-state index in [2.05, 4.69) is 151 Å². The number of rotatable bonds is 8. The van der Waals surface area contributed by atoms with E-state index >= 15 is 0 Å². The average molecular weight is 567 g/mol. The molecule has 44 heavy (non-hydrogen) atoms. The Balaban J connectivity index is 1.32. The van der Waals surface area contributed by atoms with E-state index in [4.69, 9.17) is 0 Å². The van der Waals surface area contributed by atoms with Gasteiger partial charge in [0.25, 0.3) is 0 Å². The Morgan fingerprint density at radius 3 is 2.23 bits per heavy atom. The molecule has 1 aliphatic heterocycles. The van der Waals surface area contributed by atoms with E-state index in [9.17, 15) is 0 Å². The van der Waals surface area contributed by atoms with Crippen LogP contribution in [-0.4, -0.2) is 10.6 Å². The zero-order chi connectivity index (χ0) is 30.2. The first kappa shape index (κ1) is 27.2. The van der Waals surface area contributed by atoms with Crippen molar-refractivity contribution in [1.29, 1.82) is 0 Å². The highest BCUT2D eigenvalue weighted by molar-refractivity contribution is 5.94. The lowest BCUT2D eigenvalue weighted by Crippen LogP contribution is -2.30. The van der Waals surface area contributed by atoms with Gasteiger partial charge in [0.1, 0.15) is 0 Å². The number of para-hydroxylation sites is 3. The van der Waals surface area contributed by atoms with Gasteiger partial charge in [-0.3, -0.25) is 0 Å². The summed E-state index contributed by atoms with van der Waals surface area (Å²) in [6.07, 6.45) is 14.1. The first-order valence-corrected chi connectivity index (χ1v) is 15.0. The third kappa shape index (κ3) is 4.35. The molecular weight excluding hydrogens is 532 g/mol. The number of fused-ring (bicyclic) bond motifs is 7. The van der Waals surface area contributed by atoms with Gasteiger partial charge in [-0.05, 0) is 75.9 Å². The summed E-state index contributed by atoms with van der Waals surface area (Å²) in [5.41, 5.74) is 12.6. The molecule has 0 N–H and O–H groups in total. The molecule has 212 valence electrons. The predicted octanol–water partition coefficient (Wildman–Crippen LogP) is 10.7. The van der Waals surface area contributed by atoms with Crippen molar-refractivity contribution < 1.29 is 0 Å². The molecular formula is C42H34N2. The number of hydrogen-bond donors (Lipinski definition) is 0. The van der Waals surface area contributed by atoms with Gasteiger partial charge in [-0.1, -0.05) is 130 Å². The average Bonchev–Trinajstić information content (AvgIpc) is 3.59. The van der Waals surface area contributed by atoms with Crippen LogP contribution in [0.3, 0.4) is 0 Å². The highest BCUT2D eigenvalue weighted by Crippen LogP contribution is 2.53. The van der Waals surface area contributed by atoms with Crippen LogP contribution in [0.2, 0.25) is 0 Å². The Morgan fingerprint density at radius 1 is 0.727 bits per heavy atom. The summed E-state index contributed by atoms with van der Waals surface area (Å²) in [6.45, 7) is 16.2. The number of allylic oxidation sites excluding steroid dienone is 8. The number of aromatic nitrogens is 1. The van der Waals surface area contributed by atoms with Crippen LogP contribution in [0.15, 0.2) is 177 Å². The lowest BCUT2D eigenvalue weighted by atomic mass is 9.82. The number of nitrogens with zero attached hydrogens (tertiary/aromatic N) is 2. The van der Waals surface area contributed by atoms with E-state index < -0.39 is 0 Å². The quantitative estimate of drug-likeness (QED) is 0.170. The molecule has 4 aromatic carbocycles. The summed E-state index contributed by atoms with van der Waals surface area (Å²) in [6, 6.07) is 37.3. The van der Waals surface area contributed by atoms with Gasteiger partial charge in [0.15, 0.2) is 0 Å². The van der Waals surface area contributed by atoms with Crippen molar-refractivity contribution in [2.45, 2.75) is 12.0 Å². The van der Waals surface area contributed by atoms with Crippen molar-refractivity contribution in [3.8, 4) is 5.69 Å². The second kappa shape index (κ2) is 11.2. The Morgan fingerprint density at radius 2 is 1.45 bits per heavy atom. The molecule has 0 amide bonds. The smallest absolute Gasteiger partial charge is 0.0637 e. The first-order valence-electron chi connectivity index (χ1n) is 15.0. The fourth-order valence-electron chi connectivity index (χ4n) is 6.87.